The lowest BCUT2D eigenvalue weighted by Gasteiger charge is -2.22. The number of nitrogens with two attached hydrogens (primary N) is 1. The summed E-state index contributed by atoms with van der Waals surface area (Å²) in [5.74, 6) is 0.898. The molecular formula is C17H23ClN2O. The van der Waals surface area contributed by atoms with Crippen molar-refractivity contribution in [3.8, 4) is 5.75 Å². The average molecular weight is 307 g/mol. The quantitative estimate of drug-likeness (QED) is 0.854. The van der Waals surface area contributed by atoms with E-state index >= 15 is 0 Å². The second-order valence-electron chi connectivity index (χ2n) is 4.84. The van der Waals surface area contributed by atoms with E-state index in [1.165, 1.54) is 11.1 Å². The molecule has 0 unspecified atom stereocenters. The highest BCUT2D eigenvalue weighted by atomic mass is 35.5. The Morgan fingerprint density at radius 2 is 1.62 bits per heavy atom. The Labute approximate surface area is 133 Å². The molecule has 0 radical (unpaired) electrons. The van der Waals surface area contributed by atoms with E-state index in [4.69, 9.17) is 10.5 Å². The van der Waals surface area contributed by atoms with E-state index < -0.39 is 0 Å². The topological polar surface area (TPSA) is 38.5 Å². The van der Waals surface area contributed by atoms with E-state index in [2.05, 4.69) is 41.3 Å². The van der Waals surface area contributed by atoms with Crippen molar-refractivity contribution in [2.75, 3.05) is 20.2 Å². The van der Waals surface area contributed by atoms with Gasteiger partial charge in [-0.15, -0.1) is 12.4 Å². The molecule has 0 aromatic heterocycles. The van der Waals surface area contributed by atoms with Gasteiger partial charge in [0.2, 0.25) is 0 Å². The van der Waals surface area contributed by atoms with Gasteiger partial charge in [-0.1, -0.05) is 42.5 Å². The Balaban J connectivity index is 0.00000220. The molecule has 0 fully saturated rings. The standard InChI is InChI=1S/C17H22N2O.ClH/c1-20-17-9-5-8-16(12-17)14-19(11-10-18)13-15-6-3-2-4-7-15;/h2-9,12H,10-11,13-14,18H2,1H3;1H. The van der Waals surface area contributed by atoms with Crippen molar-refractivity contribution in [3.05, 3.63) is 65.7 Å². The van der Waals surface area contributed by atoms with Crippen molar-refractivity contribution in [3.63, 3.8) is 0 Å². The van der Waals surface area contributed by atoms with Crippen molar-refractivity contribution in [2.24, 2.45) is 5.73 Å². The fraction of sp³-hybridized carbons (Fsp3) is 0.294. The van der Waals surface area contributed by atoms with E-state index in [1.807, 2.05) is 18.2 Å². The Bertz CT molecular complexity index is 519. The van der Waals surface area contributed by atoms with Crippen LogP contribution in [0.2, 0.25) is 0 Å². The summed E-state index contributed by atoms with van der Waals surface area (Å²) < 4.78 is 5.27. The Morgan fingerprint density at radius 1 is 0.952 bits per heavy atom. The van der Waals surface area contributed by atoms with Gasteiger partial charge in [0.05, 0.1) is 7.11 Å². The summed E-state index contributed by atoms with van der Waals surface area (Å²) in [5, 5.41) is 0. The molecule has 2 N–H and O–H groups in total. The Morgan fingerprint density at radius 3 is 2.29 bits per heavy atom. The number of hydrogen-bond acceptors (Lipinski definition) is 3. The number of benzene rings is 2. The molecule has 0 saturated carbocycles. The molecule has 0 aliphatic rings. The molecule has 0 atom stereocenters. The molecule has 2 rings (SSSR count). The zero-order chi connectivity index (χ0) is 14.2. The van der Waals surface area contributed by atoms with Crippen LogP contribution in [-0.2, 0) is 13.1 Å². The van der Waals surface area contributed by atoms with Crippen molar-refractivity contribution in [1.82, 2.24) is 4.90 Å². The van der Waals surface area contributed by atoms with E-state index in [0.29, 0.717) is 6.54 Å². The summed E-state index contributed by atoms with van der Waals surface area (Å²) in [7, 11) is 1.70. The van der Waals surface area contributed by atoms with Gasteiger partial charge in [-0.25, -0.2) is 0 Å². The van der Waals surface area contributed by atoms with Crippen LogP contribution in [0.4, 0.5) is 0 Å². The van der Waals surface area contributed by atoms with E-state index in [0.717, 1.165) is 25.4 Å². The maximum atomic E-state index is 5.73. The van der Waals surface area contributed by atoms with Gasteiger partial charge in [0, 0.05) is 26.2 Å². The average Bonchev–Trinajstić information content (AvgIpc) is 2.49. The molecule has 0 saturated heterocycles. The molecule has 2 aromatic rings. The normalized spacial score (nSPS) is 10.2. The summed E-state index contributed by atoms with van der Waals surface area (Å²) in [6.45, 7) is 3.33. The minimum atomic E-state index is 0. The lowest BCUT2D eigenvalue weighted by molar-refractivity contribution is 0.264. The highest BCUT2D eigenvalue weighted by Crippen LogP contribution is 2.15. The minimum Gasteiger partial charge on any atom is -0.497 e. The first kappa shape index (κ1) is 17.5. The second-order valence-corrected chi connectivity index (χ2v) is 4.84. The van der Waals surface area contributed by atoms with E-state index in [-0.39, 0.29) is 12.4 Å². The first-order valence-electron chi connectivity index (χ1n) is 6.91. The molecule has 4 heteroatoms. The van der Waals surface area contributed by atoms with Crippen LogP contribution in [0.1, 0.15) is 11.1 Å². The molecule has 114 valence electrons. The molecule has 3 nitrogen and oxygen atoms in total. The molecule has 0 aliphatic heterocycles. The predicted molar refractivity (Wildman–Crippen MR) is 89.9 cm³/mol. The third-order valence-corrected chi connectivity index (χ3v) is 3.23. The van der Waals surface area contributed by atoms with Gasteiger partial charge in [0.25, 0.3) is 0 Å². The maximum Gasteiger partial charge on any atom is 0.119 e. The van der Waals surface area contributed by atoms with Gasteiger partial charge in [0.1, 0.15) is 5.75 Å². The molecular weight excluding hydrogens is 284 g/mol. The molecule has 0 aliphatic carbocycles. The highest BCUT2D eigenvalue weighted by molar-refractivity contribution is 5.85. The fourth-order valence-corrected chi connectivity index (χ4v) is 2.27. The largest absolute Gasteiger partial charge is 0.497 e. The molecule has 0 bridgehead atoms. The zero-order valence-corrected chi connectivity index (χ0v) is 13.2. The highest BCUT2D eigenvalue weighted by Gasteiger charge is 2.07. The van der Waals surface area contributed by atoms with Gasteiger partial charge < -0.3 is 10.5 Å². The van der Waals surface area contributed by atoms with Crippen molar-refractivity contribution in [2.45, 2.75) is 13.1 Å². The van der Waals surface area contributed by atoms with Crippen LogP contribution in [0.15, 0.2) is 54.6 Å². The summed E-state index contributed by atoms with van der Waals surface area (Å²) in [4.78, 5) is 2.35. The van der Waals surface area contributed by atoms with Crippen LogP contribution >= 0.6 is 12.4 Å². The van der Waals surface area contributed by atoms with Crippen LogP contribution in [0.5, 0.6) is 5.75 Å². The van der Waals surface area contributed by atoms with Crippen LogP contribution in [0.25, 0.3) is 0 Å². The molecule has 0 heterocycles. The van der Waals surface area contributed by atoms with E-state index in [9.17, 15) is 0 Å². The molecule has 0 amide bonds. The van der Waals surface area contributed by atoms with Gasteiger partial charge in [-0.2, -0.15) is 0 Å². The lowest BCUT2D eigenvalue weighted by Crippen LogP contribution is -2.28. The Hall–Kier alpha value is -1.55. The van der Waals surface area contributed by atoms with Crippen molar-refractivity contribution < 1.29 is 4.74 Å². The monoisotopic (exact) mass is 306 g/mol. The number of halogens is 1. The molecule has 0 spiro atoms. The maximum absolute atomic E-state index is 5.73. The number of methoxy groups -OCH3 is 1. The van der Waals surface area contributed by atoms with Crippen molar-refractivity contribution in [1.29, 1.82) is 0 Å². The fourth-order valence-electron chi connectivity index (χ4n) is 2.27. The Kier molecular flexibility index (Phi) is 7.83. The van der Waals surface area contributed by atoms with Crippen LogP contribution in [0, 0.1) is 0 Å². The zero-order valence-electron chi connectivity index (χ0n) is 12.4. The third kappa shape index (κ3) is 5.76. The number of ether oxygens (including phenoxy) is 1. The summed E-state index contributed by atoms with van der Waals surface area (Å²) in [6, 6.07) is 18.7. The number of rotatable bonds is 7. The van der Waals surface area contributed by atoms with Gasteiger partial charge >= 0.3 is 0 Å². The summed E-state index contributed by atoms with van der Waals surface area (Å²) in [6.07, 6.45) is 0. The predicted octanol–water partition coefficient (Wildman–Crippen LogP) is 3.08. The first-order chi connectivity index (χ1) is 9.81. The number of nitrogens with zero attached hydrogens (tertiary/aromatic N) is 1. The minimum absolute atomic E-state index is 0. The summed E-state index contributed by atoms with van der Waals surface area (Å²) >= 11 is 0. The van der Waals surface area contributed by atoms with Crippen LogP contribution in [0.3, 0.4) is 0 Å². The van der Waals surface area contributed by atoms with Crippen LogP contribution < -0.4 is 10.5 Å². The first-order valence-corrected chi connectivity index (χ1v) is 6.91. The third-order valence-electron chi connectivity index (χ3n) is 3.23. The number of hydrogen-bond donors (Lipinski definition) is 1. The second kappa shape index (κ2) is 9.40. The van der Waals surface area contributed by atoms with Gasteiger partial charge in [-0.3, -0.25) is 4.90 Å². The lowest BCUT2D eigenvalue weighted by atomic mass is 10.1. The van der Waals surface area contributed by atoms with Gasteiger partial charge in [-0.05, 0) is 23.3 Å². The van der Waals surface area contributed by atoms with Crippen molar-refractivity contribution >= 4 is 12.4 Å². The molecule has 21 heavy (non-hydrogen) atoms. The van der Waals surface area contributed by atoms with Crippen LogP contribution in [-0.4, -0.2) is 25.1 Å². The van der Waals surface area contributed by atoms with E-state index in [1.54, 1.807) is 7.11 Å². The SMILES string of the molecule is COc1cccc(CN(CCN)Cc2ccccc2)c1.Cl. The van der Waals surface area contributed by atoms with Gasteiger partial charge in [0.15, 0.2) is 0 Å². The molecule has 2 aromatic carbocycles. The summed E-state index contributed by atoms with van der Waals surface area (Å²) in [5.41, 5.74) is 8.28. The smallest absolute Gasteiger partial charge is 0.119 e.